The largest absolute Gasteiger partial charge is 0.380 e. The number of hydrogen-bond acceptors (Lipinski definition) is 4. The van der Waals surface area contributed by atoms with Gasteiger partial charge < -0.3 is 10.2 Å². The Morgan fingerprint density at radius 1 is 1.39 bits per heavy atom. The molecule has 0 spiro atoms. The van der Waals surface area contributed by atoms with E-state index in [0.29, 0.717) is 12.5 Å². The van der Waals surface area contributed by atoms with Gasteiger partial charge >= 0.3 is 0 Å². The van der Waals surface area contributed by atoms with E-state index in [9.17, 15) is 0 Å². The molecule has 1 aromatic heterocycles. The molecule has 96 valence electrons. The topological polar surface area (TPSA) is 60.2 Å². The molecule has 0 saturated carbocycles. The second-order valence-electron chi connectivity index (χ2n) is 4.65. The zero-order chi connectivity index (χ0) is 13.1. The first-order chi connectivity index (χ1) is 8.67. The Morgan fingerprint density at radius 3 is 2.78 bits per heavy atom. The van der Waals surface area contributed by atoms with Gasteiger partial charge in [0, 0.05) is 18.1 Å². The Labute approximate surface area is 107 Å². The van der Waals surface area contributed by atoms with Gasteiger partial charge in [0.05, 0.1) is 12.1 Å². The number of anilines is 1. The molecule has 0 unspecified atom stereocenters. The van der Waals surface area contributed by atoms with Crippen molar-refractivity contribution in [3.8, 4) is 0 Å². The Bertz CT molecular complexity index is 552. The van der Waals surface area contributed by atoms with E-state index >= 15 is 0 Å². The Kier molecular flexibility index (Phi) is 3.79. The van der Waals surface area contributed by atoms with Gasteiger partial charge in [-0.15, -0.1) is 0 Å². The van der Waals surface area contributed by atoms with Crippen molar-refractivity contribution in [1.29, 1.82) is 0 Å². The Balaban J connectivity index is 2.66. The van der Waals surface area contributed by atoms with Gasteiger partial charge in [0.2, 0.25) is 0 Å². The number of nitrogens with one attached hydrogen (secondary N) is 1. The van der Waals surface area contributed by atoms with Crippen molar-refractivity contribution < 1.29 is 4.74 Å². The zero-order valence-corrected chi connectivity index (χ0v) is 11.0. The van der Waals surface area contributed by atoms with E-state index in [2.05, 4.69) is 36.4 Å². The summed E-state index contributed by atoms with van der Waals surface area (Å²) in [6, 6.07) is 8.25. The lowest BCUT2D eigenvalue weighted by Gasteiger charge is -2.14. The molecule has 0 amide bonds. The minimum absolute atomic E-state index is 0.374. The average Bonchev–Trinajstić information content (AvgIpc) is 2.38. The highest BCUT2D eigenvalue weighted by atomic mass is 16.5. The third-order valence-corrected chi connectivity index (χ3v) is 3.02. The van der Waals surface area contributed by atoms with E-state index in [1.165, 1.54) is 0 Å². The maximum absolute atomic E-state index is 5.56. The number of hydrazine groups is 1. The van der Waals surface area contributed by atoms with Crippen LogP contribution >= 0.6 is 0 Å². The summed E-state index contributed by atoms with van der Waals surface area (Å²) < 4.78 is 5.20. The van der Waals surface area contributed by atoms with Crippen molar-refractivity contribution in [1.82, 2.24) is 4.98 Å². The Hall–Kier alpha value is -1.65. The molecule has 0 atom stereocenters. The first-order valence-corrected chi connectivity index (χ1v) is 6.05. The number of nitrogens with zero attached hydrogens (tertiary/aromatic N) is 1. The number of pyridine rings is 1. The predicted molar refractivity (Wildman–Crippen MR) is 74.4 cm³/mol. The lowest BCUT2D eigenvalue weighted by atomic mass is 10.0. The molecule has 0 bridgehead atoms. The van der Waals surface area contributed by atoms with Crippen molar-refractivity contribution in [2.75, 3.05) is 12.5 Å². The smallest absolute Gasteiger partial charge is 0.144 e. The van der Waals surface area contributed by atoms with Crippen molar-refractivity contribution in [2.45, 2.75) is 26.4 Å². The number of hydrogen-bond donors (Lipinski definition) is 2. The fraction of sp³-hybridized carbons (Fsp3) is 0.357. The van der Waals surface area contributed by atoms with Crippen LogP contribution in [0, 0.1) is 0 Å². The SMILES string of the molecule is COCc1cccc2cc(C(C)C)c(NN)nc12. The van der Waals surface area contributed by atoms with Crippen LogP contribution in [-0.2, 0) is 11.3 Å². The number of aromatic nitrogens is 1. The predicted octanol–water partition coefficient (Wildman–Crippen LogP) is 2.79. The fourth-order valence-corrected chi connectivity index (χ4v) is 2.10. The van der Waals surface area contributed by atoms with Gasteiger partial charge in [0.25, 0.3) is 0 Å². The van der Waals surface area contributed by atoms with Crippen LogP contribution in [0.1, 0.15) is 30.9 Å². The molecule has 0 aliphatic heterocycles. The van der Waals surface area contributed by atoms with Crippen molar-refractivity contribution in [2.24, 2.45) is 5.84 Å². The fourth-order valence-electron chi connectivity index (χ4n) is 2.10. The maximum atomic E-state index is 5.56. The van der Waals surface area contributed by atoms with Crippen molar-refractivity contribution in [3.63, 3.8) is 0 Å². The minimum Gasteiger partial charge on any atom is -0.380 e. The summed E-state index contributed by atoms with van der Waals surface area (Å²) in [5, 5.41) is 1.12. The highest BCUT2D eigenvalue weighted by Gasteiger charge is 2.11. The number of benzene rings is 1. The first kappa shape index (κ1) is 12.8. The van der Waals surface area contributed by atoms with Crippen LogP contribution in [0.25, 0.3) is 10.9 Å². The van der Waals surface area contributed by atoms with E-state index in [0.717, 1.165) is 27.8 Å². The number of methoxy groups -OCH3 is 1. The molecule has 18 heavy (non-hydrogen) atoms. The summed E-state index contributed by atoms with van der Waals surface area (Å²) >= 11 is 0. The van der Waals surface area contributed by atoms with Gasteiger partial charge in [-0.3, -0.25) is 0 Å². The number of rotatable bonds is 4. The third kappa shape index (κ3) is 2.30. The standard InChI is InChI=1S/C14H19N3O/c1-9(2)12-7-10-5-4-6-11(8-18-3)13(10)16-14(12)17-15/h4-7,9H,8,15H2,1-3H3,(H,16,17). The van der Waals surface area contributed by atoms with E-state index in [1.807, 2.05) is 12.1 Å². The van der Waals surface area contributed by atoms with Crippen LogP contribution in [0.2, 0.25) is 0 Å². The van der Waals surface area contributed by atoms with Gasteiger partial charge in [0.1, 0.15) is 5.82 Å². The summed E-state index contributed by atoms with van der Waals surface area (Å²) in [4.78, 5) is 4.62. The van der Waals surface area contributed by atoms with Crippen LogP contribution in [0.3, 0.4) is 0 Å². The second kappa shape index (κ2) is 5.33. The van der Waals surface area contributed by atoms with Crippen molar-refractivity contribution in [3.05, 3.63) is 35.4 Å². The van der Waals surface area contributed by atoms with Gasteiger partial charge in [-0.2, -0.15) is 0 Å². The average molecular weight is 245 g/mol. The van der Waals surface area contributed by atoms with Crippen LogP contribution in [-0.4, -0.2) is 12.1 Å². The van der Waals surface area contributed by atoms with E-state index in [-0.39, 0.29) is 0 Å². The van der Waals surface area contributed by atoms with Gasteiger partial charge in [0.15, 0.2) is 0 Å². The lowest BCUT2D eigenvalue weighted by molar-refractivity contribution is 0.186. The molecule has 0 fully saturated rings. The third-order valence-electron chi connectivity index (χ3n) is 3.02. The van der Waals surface area contributed by atoms with Crippen molar-refractivity contribution >= 4 is 16.7 Å². The van der Waals surface area contributed by atoms with E-state index in [1.54, 1.807) is 7.11 Å². The van der Waals surface area contributed by atoms with Crippen LogP contribution < -0.4 is 11.3 Å². The molecule has 0 aliphatic carbocycles. The molecule has 0 aliphatic rings. The molecule has 3 N–H and O–H groups in total. The molecular weight excluding hydrogens is 226 g/mol. The minimum atomic E-state index is 0.374. The summed E-state index contributed by atoms with van der Waals surface area (Å²) in [6.07, 6.45) is 0. The number of nitrogens with two attached hydrogens (primary N) is 1. The summed E-state index contributed by atoms with van der Waals surface area (Å²) in [7, 11) is 1.68. The van der Waals surface area contributed by atoms with Gasteiger partial charge in [-0.25, -0.2) is 10.8 Å². The van der Waals surface area contributed by atoms with E-state index < -0.39 is 0 Å². The molecule has 4 nitrogen and oxygen atoms in total. The number of nitrogen functional groups attached to an aromatic ring is 1. The normalized spacial score (nSPS) is 11.2. The van der Waals surface area contributed by atoms with E-state index in [4.69, 9.17) is 10.6 Å². The summed E-state index contributed by atoms with van der Waals surface area (Å²) in [6.45, 7) is 4.81. The molecule has 2 aromatic rings. The highest BCUT2D eigenvalue weighted by Crippen LogP contribution is 2.28. The summed E-state index contributed by atoms with van der Waals surface area (Å²) in [5.41, 5.74) is 5.82. The number of ether oxygens (including phenoxy) is 1. The second-order valence-corrected chi connectivity index (χ2v) is 4.65. The number of fused-ring (bicyclic) bond motifs is 1. The molecular formula is C14H19N3O. The Morgan fingerprint density at radius 2 is 2.17 bits per heavy atom. The molecule has 0 saturated heterocycles. The maximum Gasteiger partial charge on any atom is 0.144 e. The molecule has 1 heterocycles. The lowest BCUT2D eigenvalue weighted by Crippen LogP contribution is -2.12. The highest BCUT2D eigenvalue weighted by molar-refractivity contribution is 5.84. The monoisotopic (exact) mass is 245 g/mol. The van der Waals surface area contributed by atoms with Crippen LogP contribution in [0.15, 0.2) is 24.3 Å². The van der Waals surface area contributed by atoms with Gasteiger partial charge in [-0.1, -0.05) is 32.0 Å². The summed E-state index contributed by atoms with van der Waals surface area (Å²) in [5.74, 6) is 6.67. The molecule has 1 aromatic carbocycles. The molecule has 0 radical (unpaired) electrons. The van der Waals surface area contributed by atoms with Gasteiger partial charge in [-0.05, 0) is 17.5 Å². The zero-order valence-electron chi connectivity index (χ0n) is 11.0. The van der Waals surface area contributed by atoms with Crippen LogP contribution in [0.5, 0.6) is 0 Å². The molecule has 2 rings (SSSR count). The molecule has 4 heteroatoms. The number of para-hydroxylation sites is 1. The first-order valence-electron chi connectivity index (χ1n) is 6.05. The van der Waals surface area contributed by atoms with Crippen LogP contribution in [0.4, 0.5) is 5.82 Å². The quantitative estimate of drug-likeness (QED) is 0.642.